The third kappa shape index (κ3) is 3.19. The Morgan fingerprint density at radius 2 is 2.11 bits per heavy atom. The molecule has 0 aromatic heterocycles. The molecule has 0 radical (unpaired) electrons. The molecule has 1 aromatic rings. The number of nitrogens with one attached hydrogen (secondary N) is 1. The first-order valence-corrected chi connectivity index (χ1v) is 5.41. The largest absolute Gasteiger partial charge is 0.507 e. The van der Waals surface area contributed by atoms with Crippen molar-refractivity contribution in [1.29, 1.82) is 0 Å². The summed E-state index contributed by atoms with van der Waals surface area (Å²) < 4.78 is 13.4. The van der Waals surface area contributed by atoms with Crippen LogP contribution in [-0.2, 0) is 4.79 Å². The maximum Gasteiger partial charge on any atom is 0.260 e. The number of phenolic OH excluding ortho intramolecular Hbond substituents is 1. The first kappa shape index (κ1) is 14.0. The van der Waals surface area contributed by atoms with E-state index in [1.54, 1.807) is 0 Å². The van der Waals surface area contributed by atoms with Crippen molar-refractivity contribution in [1.82, 2.24) is 10.2 Å². The molecule has 0 aliphatic rings. The van der Waals surface area contributed by atoms with Crippen LogP contribution in [-0.4, -0.2) is 42.5 Å². The second-order valence-corrected chi connectivity index (χ2v) is 3.78. The van der Waals surface area contributed by atoms with Crippen LogP contribution >= 0.6 is 0 Å². The molecule has 2 amide bonds. The number of phenols is 1. The number of nitrogens with zero attached hydrogens (tertiary/aromatic N) is 1. The van der Waals surface area contributed by atoms with E-state index in [0.29, 0.717) is 0 Å². The molecule has 0 atom stereocenters. The van der Waals surface area contributed by atoms with Gasteiger partial charge in [0.1, 0.15) is 17.1 Å². The monoisotopic (exact) mass is 254 g/mol. The number of benzene rings is 1. The predicted molar refractivity (Wildman–Crippen MR) is 63.7 cm³/mol. The maximum atomic E-state index is 13.4. The van der Waals surface area contributed by atoms with E-state index in [-0.39, 0.29) is 24.4 Å². The van der Waals surface area contributed by atoms with E-state index >= 15 is 0 Å². The number of rotatable bonds is 4. The highest BCUT2D eigenvalue weighted by atomic mass is 19.1. The lowest BCUT2D eigenvalue weighted by molar-refractivity contribution is -0.120. The zero-order valence-corrected chi connectivity index (χ0v) is 10.2. The fourth-order valence-corrected chi connectivity index (χ4v) is 1.41. The molecule has 1 rings (SSSR count). The fourth-order valence-electron chi connectivity index (χ4n) is 1.41. The average molecular weight is 254 g/mol. The minimum Gasteiger partial charge on any atom is -0.507 e. The summed E-state index contributed by atoms with van der Waals surface area (Å²) in [5.41, 5.74) is -0.378. The van der Waals surface area contributed by atoms with E-state index in [4.69, 9.17) is 0 Å². The van der Waals surface area contributed by atoms with Crippen molar-refractivity contribution in [3.05, 3.63) is 29.6 Å². The minimum absolute atomic E-state index is 0.119. The van der Waals surface area contributed by atoms with Crippen LogP contribution < -0.4 is 5.32 Å². The molecule has 5 nitrogen and oxygen atoms in total. The van der Waals surface area contributed by atoms with Crippen LogP contribution in [0.4, 0.5) is 4.39 Å². The van der Waals surface area contributed by atoms with Gasteiger partial charge in [-0.05, 0) is 12.1 Å². The molecule has 98 valence electrons. The number of carbonyl (C=O) groups is 2. The summed E-state index contributed by atoms with van der Waals surface area (Å²) in [6, 6.07) is 3.65. The summed E-state index contributed by atoms with van der Waals surface area (Å²) in [6.07, 6.45) is 0.119. The molecule has 0 unspecified atom stereocenters. The number of halogens is 1. The van der Waals surface area contributed by atoms with E-state index < -0.39 is 17.5 Å². The zero-order chi connectivity index (χ0) is 13.7. The summed E-state index contributed by atoms with van der Waals surface area (Å²) in [5.74, 6) is -2.07. The topological polar surface area (TPSA) is 69.6 Å². The van der Waals surface area contributed by atoms with Gasteiger partial charge in [0, 0.05) is 27.1 Å². The third-order valence-corrected chi connectivity index (χ3v) is 2.51. The highest BCUT2D eigenvalue weighted by molar-refractivity contribution is 5.97. The Kier molecular flexibility index (Phi) is 4.65. The Morgan fingerprint density at radius 3 is 2.67 bits per heavy atom. The standard InChI is InChI=1S/C12H15FN2O3/c1-14-10(17)6-7-15(2)12(18)11-8(13)4-3-5-9(11)16/h3-5,16H,6-7H2,1-2H3,(H,14,17). The average Bonchev–Trinajstić information content (AvgIpc) is 2.34. The summed E-state index contributed by atoms with van der Waals surface area (Å²) in [5, 5.41) is 11.9. The molecule has 6 heteroatoms. The first-order valence-electron chi connectivity index (χ1n) is 5.41. The van der Waals surface area contributed by atoms with E-state index in [1.165, 1.54) is 31.1 Å². The molecule has 2 N–H and O–H groups in total. The molecule has 1 aromatic carbocycles. The van der Waals surface area contributed by atoms with Crippen molar-refractivity contribution in [2.24, 2.45) is 0 Å². The number of carbonyl (C=O) groups excluding carboxylic acids is 2. The molecule has 0 aliphatic carbocycles. The maximum absolute atomic E-state index is 13.4. The van der Waals surface area contributed by atoms with Gasteiger partial charge in [0.05, 0.1) is 0 Å². The zero-order valence-electron chi connectivity index (χ0n) is 10.2. The van der Waals surface area contributed by atoms with Crippen LogP contribution in [0.1, 0.15) is 16.8 Å². The number of hydrogen-bond donors (Lipinski definition) is 2. The Labute approximate surface area is 104 Å². The Bertz CT molecular complexity index is 442. The smallest absolute Gasteiger partial charge is 0.260 e. The van der Waals surface area contributed by atoms with Gasteiger partial charge in [-0.1, -0.05) is 6.07 Å². The van der Waals surface area contributed by atoms with Gasteiger partial charge in [-0.15, -0.1) is 0 Å². The molecule has 0 spiro atoms. The molecule has 0 bridgehead atoms. The fraction of sp³-hybridized carbons (Fsp3) is 0.333. The van der Waals surface area contributed by atoms with E-state index in [0.717, 1.165) is 6.07 Å². The number of amides is 2. The second-order valence-electron chi connectivity index (χ2n) is 3.78. The lowest BCUT2D eigenvalue weighted by Gasteiger charge is -2.17. The number of aromatic hydroxyl groups is 1. The van der Waals surface area contributed by atoms with E-state index in [1.807, 2.05) is 0 Å². The van der Waals surface area contributed by atoms with Crippen molar-refractivity contribution in [2.75, 3.05) is 20.6 Å². The van der Waals surface area contributed by atoms with Crippen molar-refractivity contribution < 1.29 is 19.1 Å². The molecule has 0 aliphatic heterocycles. The van der Waals surface area contributed by atoms with E-state index in [2.05, 4.69) is 5.32 Å². The van der Waals surface area contributed by atoms with Crippen LogP contribution in [0, 0.1) is 5.82 Å². The molecular weight excluding hydrogens is 239 g/mol. The lowest BCUT2D eigenvalue weighted by atomic mass is 10.1. The Balaban J connectivity index is 2.78. The molecule has 0 heterocycles. The SMILES string of the molecule is CNC(=O)CCN(C)C(=O)c1c(O)cccc1F. The quantitative estimate of drug-likeness (QED) is 0.832. The summed E-state index contributed by atoms with van der Waals surface area (Å²) in [7, 11) is 2.93. The highest BCUT2D eigenvalue weighted by Crippen LogP contribution is 2.21. The van der Waals surface area contributed by atoms with Gasteiger partial charge in [0.15, 0.2) is 0 Å². The summed E-state index contributed by atoms with van der Waals surface area (Å²) in [6.45, 7) is 0.145. The number of hydrogen-bond acceptors (Lipinski definition) is 3. The van der Waals surface area contributed by atoms with Crippen molar-refractivity contribution in [3.63, 3.8) is 0 Å². The van der Waals surface area contributed by atoms with Gasteiger partial charge >= 0.3 is 0 Å². The normalized spacial score (nSPS) is 9.94. The summed E-state index contributed by atoms with van der Waals surface area (Å²) in [4.78, 5) is 24.1. The molecule has 18 heavy (non-hydrogen) atoms. The Morgan fingerprint density at radius 1 is 1.44 bits per heavy atom. The van der Waals surface area contributed by atoms with Crippen LogP contribution in [0.5, 0.6) is 5.75 Å². The van der Waals surface area contributed by atoms with Gasteiger partial charge in [-0.3, -0.25) is 9.59 Å². The predicted octanol–water partition coefficient (Wildman–Crippen LogP) is 0.739. The van der Waals surface area contributed by atoms with Gasteiger partial charge in [-0.2, -0.15) is 0 Å². The van der Waals surface area contributed by atoms with Crippen LogP contribution in [0.15, 0.2) is 18.2 Å². The Hall–Kier alpha value is -2.11. The first-order chi connectivity index (χ1) is 8.47. The molecule has 0 saturated heterocycles. The molecular formula is C12H15FN2O3. The highest BCUT2D eigenvalue weighted by Gasteiger charge is 2.20. The van der Waals surface area contributed by atoms with Crippen molar-refractivity contribution >= 4 is 11.8 Å². The van der Waals surface area contributed by atoms with Gasteiger partial charge in [0.2, 0.25) is 5.91 Å². The second kappa shape index (κ2) is 6.00. The minimum atomic E-state index is -0.785. The molecule has 0 saturated carbocycles. The van der Waals surface area contributed by atoms with Crippen molar-refractivity contribution in [3.8, 4) is 5.75 Å². The summed E-state index contributed by atoms with van der Waals surface area (Å²) >= 11 is 0. The van der Waals surface area contributed by atoms with Crippen molar-refractivity contribution in [2.45, 2.75) is 6.42 Å². The molecule has 0 fully saturated rings. The van der Waals surface area contributed by atoms with Gasteiger partial charge in [0.25, 0.3) is 5.91 Å². The van der Waals surface area contributed by atoms with E-state index in [9.17, 15) is 19.1 Å². The third-order valence-electron chi connectivity index (χ3n) is 2.51. The van der Waals surface area contributed by atoms with Gasteiger partial charge in [-0.25, -0.2) is 4.39 Å². The van der Waals surface area contributed by atoms with Crippen LogP contribution in [0.25, 0.3) is 0 Å². The van der Waals surface area contributed by atoms with Crippen LogP contribution in [0.3, 0.4) is 0 Å². The lowest BCUT2D eigenvalue weighted by Crippen LogP contribution is -2.31. The van der Waals surface area contributed by atoms with Crippen LogP contribution in [0.2, 0.25) is 0 Å². The van der Waals surface area contributed by atoms with Gasteiger partial charge < -0.3 is 15.3 Å².